The lowest BCUT2D eigenvalue weighted by Crippen LogP contribution is -2.39. The van der Waals surface area contributed by atoms with Gasteiger partial charge in [-0.1, -0.05) is 0 Å². The molecule has 1 heterocycles. The zero-order valence-electron chi connectivity index (χ0n) is 8.70. The number of alkyl halides is 2. The van der Waals surface area contributed by atoms with Crippen LogP contribution in [0.25, 0.3) is 0 Å². The molecule has 0 saturated heterocycles. The molecule has 0 aliphatic heterocycles. The second-order valence-electron chi connectivity index (χ2n) is 3.38. The first-order valence-electron chi connectivity index (χ1n) is 4.64. The Balaban J connectivity index is 2.56. The minimum Gasteiger partial charge on any atom is -0.390 e. The van der Waals surface area contributed by atoms with E-state index in [0.29, 0.717) is 0 Å². The number of amides is 1. The van der Waals surface area contributed by atoms with Crippen LogP contribution in [0.4, 0.5) is 8.78 Å². The number of carbonyl (C=O) groups excluding carboxylic acids is 1. The van der Waals surface area contributed by atoms with Gasteiger partial charge in [0, 0.05) is 11.9 Å². The number of pyridine rings is 1. The molecule has 0 unspecified atom stereocenters. The summed E-state index contributed by atoms with van der Waals surface area (Å²) in [6.07, 6.45) is 1.31. The van der Waals surface area contributed by atoms with Crippen LogP contribution < -0.4 is 5.32 Å². The van der Waals surface area contributed by atoms with Gasteiger partial charge >= 0.3 is 0 Å². The molecule has 88 valence electrons. The highest BCUT2D eigenvalue weighted by atomic mass is 19.3. The molecular weight excluding hydrogens is 218 g/mol. The van der Waals surface area contributed by atoms with Gasteiger partial charge in [-0.3, -0.25) is 9.78 Å². The minimum atomic E-state index is -3.30. The van der Waals surface area contributed by atoms with Crippen molar-refractivity contribution in [3.8, 4) is 0 Å². The van der Waals surface area contributed by atoms with Crippen LogP contribution in [0, 0.1) is 6.92 Å². The van der Waals surface area contributed by atoms with E-state index >= 15 is 0 Å². The van der Waals surface area contributed by atoms with Crippen LogP contribution in [0.2, 0.25) is 0 Å². The highest BCUT2D eigenvalue weighted by Gasteiger charge is 2.28. The summed E-state index contributed by atoms with van der Waals surface area (Å²) in [5.41, 5.74) is 0.941. The fraction of sp³-hybridized carbons (Fsp3) is 0.400. The summed E-state index contributed by atoms with van der Waals surface area (Å²) in [6, 6.07) is 3.11. The van der Waals surface area contributed by atoms with Crippen LogP contribution in [0.3, 0.4) is 0 Å². The molecule has 0 atom stereocenters. The predicted octanol–water partition coefficient (Wildman–Crippen LogP) is 0.747. The second kappa shape index (κ2) is 4.98. The Kier molecular flexibility index (Phi) is 3.89. The van der Waals surface area contributed by atoms with Gasteiger partial charge in [0.1, 0.15) is 6.61 Å². The first-order chi connectivity index (χ1) is 7.44. The summed E-state index contributed by atoms with van der Waals surface area (Å²) in [4.78, 5) is 15.2. The van der Waals surface area contributed by atoms with Gasteiger partial charge in [-0.05, 0) is 19.1 Å². The molecule has 0 aromatic carbocycles. The molecule has 4 nitrogen and oxygen atoms in total. The maximum atomic E-state index is 12.6. The lowest BCUT2D eigenvalue weighted by Gasteiger charge is -2.13. The molecule has 16 heavy (non-hydrogen) atoms. The van der Waals surface area contributed by atoms with Crippen molar-refractivity contribution in [2.75, 3.05) is 13.2 Å². The number of hydrogen-bond donors (Lipinski definition) is 2. The molecule has 0 aliphatic rings. The number of aliphatic hydroxyl groups excluding tert-OH is 1. The lowest BCUT2D eigenvalue weighted by atomic mass is 10.2. The van der Waals surface area contributed by atoms with Gasteiger partial charge in [-0.25, -0.2) is 8.78 Å². The summed E-state index contributed by atoms with van der Waals surface area (Å²) >= 11 is 0. The van der Waals surface area contributed by atoms with Gasteiger partial charge in [0.05, 0.1) is 12.1 Å². The average molecular weight is 230 g/mol. The fourth-order valence-corrected chi connectivity index (χ4v) is 0.970. The maximum absolute atomic E-state index is 12.6. The molecule has 1 rings (SSSR count). The van der Waals surface area contributed by atoms with Crippen LogP contribution in [0.1, 0.15) is 16.1 Å². The average Bonchev–Trinajstić information content (AvgIpc) is 2.27. The van der Waals surface area contributed by atoms with Gasteiger partial charge in [0.25, 0.3) is 11.8 Å². The van der Waals surface area contributed by atoms with Crippen LogP contribution >= 0.6 is 0 Å². The van der Waals surface area contributed by atoms with Crippen molar-refractivity contribution in [1.82, 2.24) is 10.3 Å². The Morgan fingerprint density at radius 1 is 1.56 bits per heavy atom. The molecule has 0 bridgehead atoms. The Morgan fingerprint density at radius 3 is 2.75 bits per heavy atom. The van der Waals surface area contributed by atoms with Crippen LogP contribution in [-0.4, -0.2) is 35.1 Å². The number of nitrogens with zero attached hydrogens (tertiary/aromatic N) is 1. The number of aromatic nitrogens is 1. The van der Waals surface area contributed by atoms with Crippen molar-refractivity contribution < 1.29 is 18.7 Å². The Labute approximate surface area is 91.3 Å². The van der Waals surface area contributed by atoms with Gasteiger partial charge in [0.2, 0.25) is 0 Å². The van der Waals surface area contributed by atoms with E-state index in [0.717, 1.165) is 5.69 Å². The van der Waals surface area contributed by atoms with Crippen LogP contribution in [0.5, 0.6) is 0 Å². The van der Waals surface area contributed by atoms with E-state index in [1.807, 2.05) is 5.32 Å². The molecule has 2 N–H and O–H groups in total. The minimum absolute atomic E-state index is 0.208. The smallest absolute Gasteiger partial charge is 0.287 e. The van der Waals surface area contributed by atoms with E-state index in [9.17, 15) is 13.6 Å². The van der Waals surface area contributed by atoms with E-state index in [4.69, 9.17) is 5.11 Å². The van der Waals surface area contributed by atoms with Crippen molar-refractivity contribution in [2.24, 2.45) is 0 Å². The number of halogens is 2. The van der Waals surface area contributed by atoms with E-state index in [1.165, 1.54) is 12.3 Å². The van der Waals surface area contributed by atoms with E-state index in [-0.39, 0.29) is 5.56 Å². The maximum Gasteiger partial charge on any atom is 0.287 e. The SMILES string of the molecule is Cc1ccc(C(=O)NCC(F)(F)CO)cn1. The molecule has 6 heteroatoms. The number of rotatable bonds is 4. The normalized spacial score (nSPS) is 11.2. The Morgan fingerprint density at radius 2 is 2.25 bits per heavy atom. The number of hydrogen-bond acceptors (Lipinski definition) is 3. The monoisotopic (exact) mass is 230 g/mol. The van der Waals surface area contributed by atoms with Crippen molar-refractivity contribution in [3.63, 3.8) is 0 Å². The van der Waals surface area contributed by atoms with Crippen LogP contribution in [0.15, 0.2) is 18.3 Å². The third-order valence-corrected chi connectivity index (χ3v) is 1.91. The second-order valence-corrected chi connectivity index (χ2v) is 3.38. The molecule has 0 spiro atoms. The molecule has 0 aliphatic carbocycles. The standard InChI is InChI=1S/C10H12F2N2O2/c1-7-2-3-8(4-13-7)9(16)14-5-10(11,12)6-15/h2-4,15H,5-6H2,1H3,(H,14,16). The van der Waals surface area contributed by atoms with Gasteiger partial charge in [-0.15, -0.1) is 0 Å². The zero-order chi connectivity index (χ0) is 12.2. The highest BCUT2D eigenvalue weighted by molar-refractivity contribution is 5.93. The van der Waals surface area contributed by atoms with E-state index < -0.39 is 25.0 Å². The van der Waals surface area contributed by atoms with Gasteiger partial charge in [0.15, 0.2) is 0 Å². The first-order valence-corrected chi connectivity index (χ1v) is 4.64. The number of aliphatic hydroxyl groups is 1. The Bertz CT molecular complexity index is 366. The molecular formula is C10H12F2N2O2. The molecule has 0 fully saturated rings. The van der Waals surface area contributed by atoms with Crippen molar-refractivity contribution >= 4 is 5.91 Å². The third kappa shape index (κ3) is 3.54. The first kappa shape index (κ1) is 12.5. The summed E-state index contributed by atoms with van der Waals surface area (Å²) in [6.45, 7) is -0.433. The lowest BCUT2D eigenvalue weighted by molar-refractivity contribution is -0.0462. The topological polar surface area (TPSA) is 62.2 Å². The quantitative estimate of drug-likeness (QED) is 0.802. The van der Waals surface area contributed by atoms with Gasteiger partial charge in [-0.2, -0.15) is 0 Å². The van der Waals surface area contributed by atoms with E-state index in [1.54, 1.807) is 13.0 Å². The largest absolute Gasteiger partial charge is 0.390 e. The summed E-state index contributed by atoms with van der Waals surface area (Å²) in [7, 11) is 0. The molecule has 0 radical (unpaired) electrons. The number of nitrogens with one attached hydrogen (secondary N) is 1. The third-order valence-electron chi connectivity index (χ3n) is 1.91. The number of carbonyl (C=O) groups is 1. The molecule has 0 saturated carbocycles. The number of aryl methyl sites for hydroxylation is 1. The van der Waals surface area contributed by atoms with Crippen molar-refractivity contribution in [1.29, 1.82) is 0 Å². The summed E-state index contributed by atoms with van der Waals surface area (Å²) in [5, 5.41) is 10.3. The van der Waals surface area contributed by atoms with Gasteiger partial charge < -0.3 is 10.4 Å². The van der Waals surface area contributed by atoms with Crippen molar-refractivity contribution in [2.45, 2.75) is 12.8 Å². The predicted molar refractivity (Wildman–Crippen MR) is 53.3 cm³/mol. The molecule has 1 aromatic heterocycles. The summed E-state index contributed by atoms with van der Waals surface area (Å²) < 4.78 is 25.2. The van der Waals surface area contributed by atoms with E-state index in [2.05, 4.69) is 4.98 Å². The fourth-order valence-electron chi connectivity index (χ4n) is 0.970. The zero-order valence-corrected chi connectivity index (χ0v) is 8.70. The summed E-state index contributed by atoms with van der Waals surface area (Å²) in [5.74, 6) is -3.94. The van der Waals surface area contributed by atoms with Crippen molar-refractivity contribution in [3.05, 3.63) is 29.6 Å². The molecule has 1 amide bonds. The Hall–Kier alpha value is -1.56. The molecule has 1 aromatic rings. The van der Waals surface area contributed by atoms with Crippen LogP contribution in [-0.2, 0) is 0 Å². The highest BCUT2D eigenvalue weighted by Crippen LogP contribution is 2.10.